The van der Waals surface area contributed by atoms with Gasteiger partial charge in [-0.3, -0.25) is 0 Å². The third kappa shape index (κ3) is 4.30. The quantitative estimate of drug-likeness (QED) is 0.423. The van der Waals surface area contributed by atoms with Crippen molar-refractivity contribution < 1.29 is 4.79 Å². The minimum absolute atomic E-state index is 0.211. The normalized spacial score (nSPS) is 15.8. The fourth-order valence-corrected chi connectivity index (χ4v) is 0.712. The molecule has 1 nitrogen and oxygen atoms in total. The molecule has 0 spiro atoms. The third-order valence-corrected chi connectivity index (χ3v) is 1.71. The van der Waals surface area contributed by atoms with E-state index < -0.39 is 0 Å². The van der Waals surface area contributed by atoms with Crippen molar-refractivity contribution >= 4 is 6.29 Å². The number of carbonyl (C=O) groups is 1. The van der Waals surface area contributed by atoms with E-state index in [-0.39, 0.29) is 5.92 Å². The number of allylic oxidation sites excluding steroid dienone is 1. The summed E-state index contributed by atoms with van der Waals surface area (Å²) in [4.78, 5) is 10.2. The molecule has 1 heteroatoms. The summed E-state index contributed by atoms with van der Waals surface area (Å²) in [5.41, 5.74) is 0. The smallest absolute Gasteiger partial charge is 0.122 e. The maximum Gasteiger partial charge on any atom is 0.122 e. The van der Waals surface area contributed by atoms with E-state index in [4.69, 9.17) is 0 Å². The summed E-state index contributed by atoms with van der Waals surface area (Å²) in [6, 6.07) is 0. The predicted molar refractivity (Wildman–Crippen MR) is 43.8 cm³/mol. The molecule has 0 saturated heterocycles. The standard InChI is InChI=1S/C9H16O/c1-4-8(2)5-6-9(3)7-10/h4,7-9H,1,5-6H2,2-3H3. The number of carbonyl (C=O) groups excluding carboxylic acids is 1. The molecule has 0 aromatic heterocycles. The highest BCUT2D eigenvalue weighted by Crippen LogP contribution is 2.10. The summed E-state index contributed by atoms with van der Waals surface area (Å²) < 4.78 is 0. The molecular formula is C9H16O. The summed E-state index contributed by atoms with van der Waals surface area (Å²) in [6.07, 6.45) is 4.99. The molecule has 58 valence electrons. The molecule has 0 aliphatic heterocycles. The summed E-state index contributed by atoms with van der Waals surface area (Å²) in [7, 11) is 0. The number of rotatable bonds is 5. The molecule has 0 amide bonds. The first-order valence-electron chi connectivity index (χ1n) is 3.78. The van der Waals surface area contributed by atoms with Gasteiger partial charge in [0.25, 0.3) is 0 Å². The molecule has 0 aliphatic rings. The van der Waals surface area contributed by atoms with Crippen LogP contribution in [0.4, 0.5) is 0 Å². The third-order valence-electron chi connectivity index (χ3n) is 1.71. The molecule has 0 N–H and O–H groups in total. The zero-order valence-electron chi connectivity index (χ0n) is 6.84. The second kappa shape index (κ2) is 5.21. The Hall–Kier alpha value is -0.590. The van der Waals surface area contributed by atoms with Crippen molar-refractivity contribution in [2.75, 3.05) is 0 Å². The van der Waals surface area contributed by atoms with Gasteiger partial charge in [-0.2, -0.15) is 0 Å². The first-order valence-corrected chi connectivity index (χ1v) is 3.78. The van der Waals surface area contributed by atoms with Gasteiger partial charge in [0.1, 0.15) is 6.29 Å². The Kier molecular flexibility index (Phi) is 4.91. The van der Waals surface area contributed by atoms with Gasteiger partial charge in [-0.1, -0.05) is 19.9 Å². The second-order valence-corrected chi connectivity index (χ2v) is 2.90. The van der Waals surface area contributed by atoms with Crippen LogP contribution in [0.5, 0.6) is 0 Å². The molecule has 2 atom stereocenters. The highest BCUT2D eigenvalue weighted by atomic mass is 16.1. The van der Waals surface area contributed by atoms with Gasteiger partial charge in [-0.15, -0.1) is 6.58 Å². The van der Waals surface area contributed by atoms with Crippen molar-refractivity contribution in [3.05, 3.63) is 12.7 Å². The Morgan fingerprint density at radius 1 is 1.30 bits per heavy atom. The van der Waals surface area contributed by atoms with E-state index >= 15 is 0 Å². The molecular weight excluding hydrogens is 124 g/mol. The van der Waals surface area contributed by atoms with Gasteiger partial charge in [0, 0.05) is 5.92 Å². The van der Waals surface area contributed by atoms with Crippen LogP contribution in [0, 0.1) is 11.8 Å². The monoisotopic (exact) mass is 140 g/mol. The summed E-state index contributed by atoms with van der Waals surface area (Å²) in [6.45, 7) is 7.74. The van der Waals surface area contributed by atoms with Crippen LogP contribution >= 0.6 is 0 Å². The fourth-order valence-electron chi connectivity index (χ4n) is 0.712. The van der Waals surface area contributed by atoms with E-state index in [1.165, 1.54) is 0 Å². The Balaban J connectivity index is 3.34. The van der Waals surface area contributed by atoms with Crippen molar-refractivity contribution in [3.63, 3.8) is 0 Å². The molecule has 0 aliphatic carbocycles. The first-order chi connectivity index (χ1) is 4.70. The molecule has 2 unspecified atom stereocenters. The molecule has 0 aromatic carbocycles. The van der Waals surface area contributed by atoms with Gasteiger partial charge in [0.15, 0.2) is 0 Å². The molecule has 0 bridgehead atoms. The fraction of sp³-hybridized carbons (Fsp3) is 0.667. The van der Waals surface area contributed by atoms with Crippen molar-refractivity contribution in [1.29, 1.82) is 0 Å². The second-order valence-electron chi connectivity index (χ2n) is 2.90. The number of aldehydes is 1. The van der Waals surface area contributed by atoms with Crippen molar-refractivity contribution in [1.82, 2.24) is 0 Å². The summed E-state index contributed by atoms with van der Waals surface area (Å²) in [5, 5.41) is 0. The topological polar surface area (TPSA) is 17.1 Å². The van der Waals surface area contributed by atoms with Gasteiger partial charge in [0.05, 0.1) is 0 Å². The van der Waals surface area contributed by atoms with E-state index in [1.807, 2.05) is 13.0 Å². The zero-order valence-corrected chi connectivity index (χ0v) is 6.84. The molecule has 0 heterocycles. The maximum absolute atomic E-state index is 10.2. The van der Waals surface area contributed by atoms with Gasteiger partial charge in [0.2, 0.25) is 0 Å². The van der Waals surface area contributed by atoms with Gasteiger partial charge >= 0.3 is 0 Å². The Morgan fingerprint density at radius 3 is 2.20 bits per heavy atom. The van der Waals surface area contributed by atoms with E-state index in [0.29, 0.717) is 5.92 Å². The molecule has 0 aromatic rings. The predicted octanol–water partition coefficient (Wildman–Crippen LogP) is 2.42. The number of hydrogen-bond acceptors (Lipinski definition) is 1. The van der Waals surface area contributed by atoms with Crippen LogP contribution in [0.25, 0.3) is 0 Å². The number of hydrogen-bond donors (Lipinski definition) is 0. The van der Waals surface area contributed by atoms with E-state index in [9.17, 15) is 4.79 Å². The van der Waals surface area contributed by atoms with Crippen LogP contribution in [0.2, 0.25) is 0 Å². The highest BCUT2D eigenvalue weighted by molar-refractivity contribution is 5.52. The molecule has 0 fully saturated rings. The highest BCUT2D eigenvalue weighted by Gasteiger charge is 2.01. The minimum Gasteiger partial charge on any atom is -0.303 e. The summed E-state index contributed by atoms with van der Waals surface area (Å²) >= 11 is 0. The lowest BCUT2D eigenvalue weighted by Gasteiger charge is -2.06. The SMILES string of the molecule is C=CC(C)CCC(C)C=O. The minimum atomic E-state index is 0.211. The average Bonchev–Trinajstić information content (AvgIpc) is 1.99. The molecule has 0 rings (SSSR count). The van der Waals surface area contributed by atoms with E-state index in [2.05, 4.69) is 13.5 Å². The Labute approximate surface area is 63.1 Å². The summed E-state index contributed by atoms with van der Waals surface area (Å²) in [5.74, 6) is 0.754. The largest absolute Gasteiger partial charge is 0.303 e. The first kappa shape index (κ1) is 9.41. The van der Waals surface area contributed by atoms with Gasteiger partial charge in [-0.05, 0) is 18.8 Å². The van der Waals surface area contributed by atoms with Crippen LogP contribution in [0.3, 0.4) is 0 Å². The molecule has 0 radical (unpaired) electrons. The van der Waals surface area contributed by atoms with Crippen LogP contribution in [0.1, 0.15) is 26.7 Å². The average molecular weight is 140 g/mol. The van der Waals surface area contributed by atoms with Gasteiger partial charge in [-0.25, -0.2) is 0 Å². The van der Waals surface area contributed by atoms with E-state index in [1.54, 1.807) is 0 Å². The van der Waals surface area contributed by atoms with Gasteiger partial charge < -0.3 is 4.79 Å². The lowest BCUT2D eigenvalue weighted by atomic mass is 9.99. The van der Waals surface area contributed by atoms with Crippen molar-refractivity contribution in [2.45, 2.75) is 26.7 Å². The van der Waals surface area contributed by atoms with Crippen molar-refractivity contribution in [2.24, 2.45) is 11.8 Å². The molecule has 0 saturated carbocycles. The lowest BCUT2D eigenvalue weighted by molar-refractivity contribution is -0.110. The maximum atomic E-state index is 10.2. The molecule has 10 heavy (non-hydrogen) atoms. The zero-order chi connectivity index (χ0) is 7.98. The van der Waals surface area contributed by atoms with E-state index in [0.717, 1.165) is 19.1 Å². The van der Waals surface area contributed by atoms with Crippen molar-refractivity contribution in [3.8, 4) is 0 Å². The Bertz CT molecular complexity index is 93.3. The van der Waals surface area contributed by atoms with Crippen LogP contribution < -0.4 is 0 Å². The van der Waals surface area contributed by atoms with Crippen LogP contribution in [-0.4, -0.2) is 6.29 Å². The van der Waals surface area contributed by atoms with Crippen LogP contribution in [0.15, 0.2) is 12.7 Å². The Morgan fingerprint density at radius 2 is 1.80 bits per heavy atom. The van der Waals surface area contributed by atoms with Crippen LogP contribution in [-0.2, 0) is 4.79 Å². The lowest BCUT2D eigenvalue weighted by Crippen LogP contribution is -1.98.